The molecule has 0 aromatic heterocycles. The smallest absolute Gasteiger partial charge is 0.276 e. The van der Waals surface area contributed by atoms with Crippen molar-refractivity contribution < 1.29 is 10.0 Å². The second kappa shape index (κ2) is 7.82. The molecule has 3 rings (SSSR count). The predicted octanol–water partition coefficient (Wildman–Crippen LogP) is 3.82. The number of benzene rings is 2. The van der Waals surface area contributed by atoms with Crippen molar-refractivity contribution >= 4 is 40.5 Å². The van der Waals surface area contributed by atoms with Crippen molar-refractivity contribution in [1.82, 2.24) is 16.3 Å². The number of anilines is 2. The van der Waals surface area contributed by atoms with Gasteiger partial charge in [0, 0.05) is 18.0 Å². The molecule has 2 aromatic carbocycles. The zero-order valence-corrected chi connectivity index (χ0v) is 15.8. The Morgan fingerprint density at radius 2 is 1.65 bits per heavy atom. The molecule has 1 fully saturated rings. The second-order valence-electron chi connectivity index (χ2n) is 6.36. The number of hydrazine groups is 1. The Bertz CT molecular complexity index is 798. The van der Waals surface area contributed by atoms with E-state index >= 15 is 0 Å². The Morgan fingerprint density at radius 3 is 2.23 bits per heavy atom. The first-order valence-electron chi connectivity index (χ1n) is 8.23. The molecule has 0 aliphatic carbocycles. The van der Waals surface area contributed by atoms with E-state index in [0.29, 0.717) is 21.4 Å². The summed E-state index contributed by atoms with van der Waals surface area (Å²) < 4.78 is 0. The van der Waals surface area contributed by atoms with Crippen LogP contribution in [0.15, 0.2) is 36.4 Å². The lowest BCUT2D eigenvalue weighted by molar-refractivity contribution is 0.0707. The molecule has 2 atom stereocenters. The molecule has 138 valence electrons. The highest BCUT2D eigenvalue weighted by Gasteiger charge is 2.32. The lowest BCUT2D eigenvalue weighted by Crippen LogP contribution is -2.30. The number of rotatable bonds is 4. The maximum Gasteiger partial charge on any atom is 0.276 e. The first kappa shape index (κ1) is 18.9. The fourth-order valence-electron chi connectivity index (χ4n) is 3.34. The Kier molecular flexibility index (Phi) is 5.70. The molecule has 0 radical (unpaired) electrons. The topological polar surface area (TPSA) is 85.4 Å². The minimum atomic E-state index is -0.622. The molecular formula is C18H20Cl2N4O2. The number of carbonyl (C=O) groups excluding carboxylic acids is 1. The average molecular weight is 395 g/mol. The molecule has 1 aliphatic rings. The van der Waals surface area contributed by atoms with Gasteiger partial charge in [0.05, 0.1) is 27.0 Å². The van der Waals surface area contributed by atoms with Crippen molar-refractivity contribution in [2.75, 3.05) is 5.32 Å². The van der Waals surface area contributed by atoms with Crippen molar-refractivity contribution in [1.29, 1.82) is 0 Å². The van der Waals surface area contributed by atoms with Crippen LogP contribution in [-0.4, -0.2) is 23.2 Å². The van der Waals surface area contributed by atoms with Crippen molar-refractivity contribution in [2.45, 2.75) is 31.8 Å². The Hall–Kier alpha value is -1.83. The monoisotopic (exact) mass is 394 g/mol. The highest BCUT2D eigenvalue weighted by atomic mass is 35.5. The number of amides is 1. The average Bonchev–Trinajstić information content (AvgIpc) is 2.96. The summed E-state index contributed by atoms with van der Waals surface area (Å²) in [4.78, 5) is 11.8. The van der Waals surface area contributed by atoms with E-state index in [4.69, 9.17) is 28.4 Å². The zero-order valence-electron chi connectivity index (χ0n) is 14.3. The van der Waals surface area contributed by atoms with E-state index < -0.39 is 5.91 Å². The predicted molar refractivity (Wildman–Crippen MR) is 103 cm³/mol. The summed E-state index contributed by atoms with van der Waals surface area (Å²) in [6.07, 6.45) is 0. The number of hydrogen-bond acceptors (Lipinski definition) is 5. The molecule has 0 saturated carbocycles. The van der Waals surface area contributed by atoms with Crippen LogP contribution in [-0.2, 0) is 0 Å². The van der Waals surface area contributed by atoms with E-state index in [2.05, 4.69) is 30.0 Å². The van der Waals surface area contributed by atoms with E-state index in [1.807, 2.05) is 12.1 Å². The fourth-order valence-corrected chi connectivity index (χ4v) is 3.94. The van der Waals surface area contributed by atoms with Gasteiger partial charge in [0.1, 0.15) is 0 Å². The minimum absolute atomic E-state index is 0.228. The van der Waals surface area contributed by atoms with Gasteiger partial charge < -0.3 is 5.32 Å². The first-order chi connectivity index (χ1) is 12.4. The van der Waals surface area contributed by atoms with Crippen LogP contribution in [0.5, 0.6) is 0 Å². The van der Waals surface area contributed by atoms with Crippen molar-refractivity contribution in [2.24, 2.45) is 0 Å². The van der Waals surface area contributed by atoms with Gasteiger partial charge in [0.25, 0.3) is 5.91 Å². The van der Waals surface area contributed by atoms with Crippen LogP contribution in [0.4, 0.5) is 11.4 Å². The lowest BCUT2D eigenvalue weighted by Gasteiger charge is -2.21. The first-order valence-corrected chi connectivity index (χ1v) is 8.98. The largest absolute Gasteiger partial charge is 0.352 e. The van der Waals surface area contributed by atoms with Crippen LogP contribution in [0.2, 0.25) is 10.0 Å². The SMILES string of the molecule is CC1NNC(C)C1c1cc(Cl)c(Nc2ccccc2C(=O)NO)c(Cl)c1. The van der Waals surface area contributed by atoms with Crippen molar-refractivity contribution in [3.63, 3.8) is 0 Å². The van der Waals surface area contributed by atoms with Gasteiger partial charge in [0.15, 0.2) is 0 Å². The third kappa shape index (κ3) is 3.65. The van der Waals surface area contributed by atoms with Gasteiger partial charge in [-0.25, -0.2) is 5.48 Å². The molecule has 2 unspecified atom stereocenters. The lowest BCUT2D eigenvalue weighted by atomic mass is 9.88. The van der Waals surface area contributed by atoms with Crippen molar-refractivity contribution in [3.05, 3.63) is 57.6 Å². The molecule has 1 aliphatic heterocycles. The summed E-state index contributed by atoms with van der Waals surface area (Å²) in [5.41, 5.74) is 10.4. The Labute approximate surface area is 161 Å². The number of hydrogen-bond donors (Lipinski definition) is 5. The summed E-state index contributed by atoms with van der Waals surface area (Å²) >= 11 is 13.0. The van der Waals surface area contributed by atoms with E-state index in [1.54, 1.807) is 29.7 Å². The number of nitrogens with one attached hydrogen (secondary N) is 4. The maximum absolute atomic E-state index is 11.8. The van der Waals surface area contributed by atoms with Crippen LogP contribution in [0.25, 0.3) is 0 Å². The summed E-state index contributed by atoms with van der Waals surface area (Å²) in [6, 6.07) is 11.0. The van der Waals surface area contributed by atoms with Crippen LogP contribution < -0.4 is 21.6 Å². The van der Waals surface area contributed by atoms with Crippen LogP contribution in [0.3, 0.4) is 0 Å². The van der Waals surface area contributed by atoms with Crippen LogP contribution >= 0.6 is 23.2 Å². The van der Waals surface area contributed by atoms with Gasteiger partial charge in [-0.3, -0.25) is 20.9 Å². The van der Waals surface area contributed by atoms with E-state index in [1.165, 1.54) is 0 Å². The fraction of sp³-hybridized carbons (Fsp3) is 0.278. The number of carbonyl (C=O) groups is 1. The van der Waals surface area contributed by atoms with Gasteiger partial charge in [-0.05, 0) is 43.7 Å². The Balaban J connectivity index is 1.95. The van der Waals surface area contributed by atoms with Gasteiger partial charge in [-0.15, -0.1) is 0 Å². The van der Waals surface area contributed by atoms with Crippen LogP contribution in [0, 0.1) is 0 Å². The number of hydroxylamine groups is 1. The molecule has 1 heterocycles. The summed E-state index contributed by atoms with van der Waals surface area (Å²) in [5.74, 6) is -0.394. The standard InChI is InChI=1S/C18H20Cl2N4O2/c1-9-16(10(2)23-22-9)11-7-13(19)17(14(20)8-11)21-15-6-4-3-5-12(15)18(25)24-26/h3-10,16,21-23,26H,1-2H3,(H,24,25). The summed E-state index contributed by atoms with van der Waals surface area (Å²) in [6.45, 7) is 4.19. The summed E-state index contributed by atoms with van der Waals surface area (Å²) in [7, 11) is 0. The van der Waals surface area contributed by atoms with E-state index in [0.717, 1.165) is 5.56 Å². The van der Waals surface area contributed by atoms with E-state index in [9.17, 15) is 4.79 Å². The van der Waals surface area contributed by atoms with Gasteiger partial charge in [-0.1, -0.05) is 35.3 Å². The number of para-hydroxylation sites is 1. The third-order valence-corrected chi connectivity index (χ3v) is 5.19. The molecular weight excluding hydrogens is 375 g/mol. The normalized spacial score (nSPS) is 22.3. The molecule has 26 heavy (non-hydrogen) atoms. The third-order valence-electron chi connectivity index (χ3n) is 4.60. The van der Waals surface area contributed by atoms with Crippen LogP contribution in [0.1, 0.15) is 35.7 Å². The maximum atomic E-state index is 11.8. The molecule has 1 saturated heterocycles. The minimum Gasteiger partial charge on any atom is -0.352 e. The molecule has 8 heteroatoms. The van der Waals surface area contributed by atoms with Gasteiger partial charge >= 0.3 is 0 Å². The van der Waals surface area contributed by atoms with Crippen molar-refractivity contribution in [3.8, 4) is 0 Å². The highest BCUT2D eigenvalue weighted by molar-refractivity contribution is 6.39. The Morgan fingerprint density at radius 1 is 1.08 bits per heavy atom. The van der Waals surface area contributed by atoms with Gasteiger partial charge in [0.2, 0.25) is 0 Å². The summed E-state index contributed by atoms with van der Waals surface area (Å²) in [5, 5.41) is 12.9. The van der Waals surface area contributed by atoms with E-state index in [-0.39, 0.29) is 23.6 Å². The molecule has 0 bridgehead atoms. The highest BCUT2D eigenvalue weighted by Crippen LogP contribution is 2.39. The molecule has 6 nitrogen and oxygen atoms in total. The molecule has 0 spiro atoms. The molecule has 1 amide bonds. The molecule has 5 N–H and O–H groups in total. The molecule has 2 aromatic rings. The second-order valence-corrected chi connectivity index (χ2v) is 7.18. The quantitative estimate of drug-likeness (QED) is 0.402. The van der Waals surface area contributed by atoms with Gasteiger partial charge in [-0.2, -0.15) is 0 Å². The zero-order chi connectivity index (χ0) is 18.8. The number of halogens is 2.